The van der Waals surface area contributed by atoms with Crippen molar-refractivity contribution >= 4 is 23.4 Å². The Morgan fingerprint density at radius 2 is 1.76 bits per heavy atom. The van der Waals surface area contributed by atoms with Crippen molar-refractivity contribution in [1.82, 2.24) is 9.97 Å². The highest BCUT2D eigenvalue weighted by Crippen LogP contribution is 2.45. The highest BCUT2D eigenvalue weighted by molar-refractivity contribution is 5.84. The van der Waals surface area contributed by atoms with Gasteiger partial charge in [0.15, 0.2) is 0 Å². The second kappa shape index (κ2) is 9.19. The molecule has 0 atom stereocenters. The molecule has 2 aromatic carbocycles. The molecule has 1 aliphatic carbocycles. The van der Waals surface area contributed by atoms with Crippen molar-refractivity contribution < 1.29 is 14.3 Å². The normalized spacial score (nSPS) is 17.2. The summed E-state index contributed by atoms with van der Waals surface area (Å²) in [5, 5.41) is 3.43. The fourth-order valence-corrected chi connectivity index (χ4v) is 4.52. The molecule has 5 rings (SSSR count). The molecule has 33 heavy (non-hydrogen) atoms. The lowest BCUT2D eigenvalue weighted by atomic mass is 9.64. The molecule has 0 spiro atoms. The molecule has 3 aromatic rings. The van der Waals surface area contributed by atoms with Crippen molar-refractivity contribution in [3.05, 3.63) is 66.2 Å². The predicted molar refractivity (Wildman–Crippen MR) is 128 cm³/mol. The van der Waals surface area contributed by atoms with Gasteiger partial charge in [-0.25, -0.2) is 4.98 Å². The third kappa shape index (κ3) is 4.28. The number of nitrogens with one attached hydrogen (secondary N) is 1. The minimum Gasteiger partial charge on any atom is -0.468 e. The van der Waals surface area contributed by atoms with E-state index in [0.717, 1.165) is 60.7 Å². The summed E-state index contributed by atoms with van der Waals surface area (Å²) in [5.74, 6) is 1.27. The van der Waals surface area contributed by atoms with Gasteiger partial charge in [0.25, 0.3) is 0 Å². The first-order valence-electron chi connectivity index (χ1n) is 11.4. The zero-order chi connectivity index (χ0) is 22.7. The van der Waals surface area contributed by atoms with Crippen LogP contribution >= 0.6 is 0 Å². The predicted octanol–water partition coefficient (Wildman–Crippen LogP) is 4.32. The number of rotatable bonds is 6. The van der Waals surface area contributed by atoms with E-state index in [9.17, 15) is 4.79 Å². The van der Waals surface area contributed by atoms with Crippen LogP contribution in [0.25, 0.3) is 11.3 Å². The van der Waals surface area contributed by atoms with E-state index in [0.29, 0.717) is 19.2 Å². The maximum atomic E-state index is 12.4. The van der Waals surface area contributed by atoms with Gasteiger partial charge < -0.3 is 19.7 Å². The summed E-state index contributed by atoms with van der Waals surface area (Å²) in [6.07, 6.45) is 2.71. The van der Waals surface area contributed by atoms with Crippen LogP contribution in [-0.2, 0) is 19.7 Å². The number of carbonyl (C=O) groups excluding carboxylic acids is 1. The lowest BCUT2D eigenvalue weighted by molar-refractivity contribution is -0.151. The summed E-state index contributed by atoms with van der Waals surface area (Å²) < 4.78 is 10.6. The molecule has 1 saturated carbocycles. The van der Waals surface area contributed by atoms with Gasteiger partial charge in [-0.1, -0.05) is 48.9 Å². The van der Waals surface area contributed by atoms with Gasteiger partial charge >= 0.3 is 5.97 Å². The summed E-state index contributed by atoms with van der Waals surface area (Å²) in [4.78, 5) is 24.2. The molecule has 170 valence electrons. The quantitative estimate of drug-likeness (QED) is 0.568. The van der Waals surface area contributed by atoms with E-state index < -0.39 is 5.41 Å². The van der Waals surface area contributed by atoms with Gasteiger partial charge in [0, 0.05) is 30.4 Å². The highest BCUT2D eigenvalue weighted by Gasteiger charge is 2.46. The first kappa shape index (κ1) is 21.4. The van der Waals surface area contributed by atoms with Gasteiger partial charge in [-0.3, -0.25) is 4.79 Å². The van der Waals surface area contributed by atoms with Crippen LogP contribution in [0.3, 0.4) is 0 Å². The Kier molecular flexibility index (Phi) is 5.96. The largest absolute Gasteiger partial charge is 0.468 e. The molecule has 0 radical (unpaired) electrons. The van der Waals surface area contributed by atoms with Gasteiger partial charge in [-0.15, -0.1) is 0 Å². The van der Waals surface area contributed by atoms with Crippen LogP contribution in [0.4, 0.5) is 17.5 Å². The Morgan fingerprint density at radius 3 is 2.39 bits per heavy atom. The number of aromatic nitrogens is 2. The Balaban J connectivity index is 1.43. The van der Waals surface area contributed by atoms with Crippen LogP contribution in [0.5, 0.6) is 0 Å². The minimum atomic E-state index is -0.494. The molecule has 7 nitrogen and oxygen atoms in total. The van der Waals surface area contributed by atoms with E-state index in [1.807, 2.05) is 48.5 Å². The minimum absolute atomic E-state index is 0.145. The van der Waals surface area contributed by atoms with Crippen molar-refractivity contribution in [3.63, 3.8) is 0 Å². The topological polar surface area (TPSA) is 76.6 Å². The number of anilines is 3. The van der Waals surface area contributed by atoms with Gasteiger partial charge in [-0.2, -0.15) is 4.98 Å². The summed E-state index contributed by atoms with van der Waals surface area (Å²) in [7, 11) is 1.46. The van der Waals surface area contributed by atoms with Crippen molar-refractivity contribution in [3.8, 4) is 11.3 Å². The number of hydrogen-bond donors (Lipinski definition) is 1. The second-order valence-corrected chi connectivity index (χ2v) is 8.53. The monoisotopic (exact) mass is 444 g/mol. The van der Waals surface area contributed by atoms with Crippen molar-refractivity contribution in [2.45, 2.75) is 24.7 Å². The molecule has 1 aliphatic heterocycles. The molecule has 7 heteroatoms. The van der Waals surface area contributed by atoms with Gasteiger partial charge in [0.1, 0.15) is 5.82 Å². The first-order chi connectivity index (χ1) is 16.2. The van der Waals surface area contributed by atoms with E-state index >= 15 is 0 Å². The van der Waals surface area contributed by atoms with E-state index in [1.54, 1.807) is 0 Å². The average molecular weight is 445 g/mol. The Morgan fingerprint density at radius 1 is 1.03 bits per heavy atom. The number of hydrogen-bond acceptors (Lipinski definition) is 7. The third-order valence-corrected chi connectivity index (χ3v) is 6.57. The fraction of sp³-hybridized carbons (Fsp3) is 0.346. The molecular formula is C26H28N4O3. The lowest BCUT2D eigenvalue weighted by Gasteiger charge is -2.39. The lowest BCUT2D eigenvalue weighted by Crippen LogP contribution is -2.43. The van der Waals surface area contributed by atoms with Crippen LogP contribution in [0.1, 0.15) is 24.8 Å². The van der Waals surface area contributed by atoms with Gasteiger partial charge in [0.2, 0.25) is 5.95 Å². The highest BCUT2D eigenvalue weighted by atomic mass is 16.5. The number of carbonyl (C=O) groups is 1. The molecule has 2 heterocycles. The smallest absolute Gasteiger partial charge is 0.316 e. The van der Waals surface area contributed by atoms with Crippen LogP contribution < -0.4 is 10.2 Å². The fourth-order valence-electron chi connectivity index (χ4n) is 4.52. The molecular weight excluding hydrogens is 416 g/mol. The van der Waals surface area contributed by atoms with Crippen molar-refractivity contribution in [1.29, 1.82) is 0 Å². The molecule has 0 unspecified atom stereocenters. The van der Waals surface area contributed by atoms with E-state index in [4.69, 9.17) is 19.4 Å². The van der Waals surface area contributed by atoms with E-state index in [1.165, 1.54) is 7.11 Å². The van der Waals surface area contributed by atoms with Crippen molar-refractivity contribution in [2.75, 3.05) is 43.6 Å². The summed E-state index contributed by atoms with van der Waals surface area (Å²) in [6.45, 7) is 2.88. The third-order valence-electron chi connectivity index (χ3n) is 6.57. The number of nitrogens with zero attached hydrogens (tertiary/aromatic N) is 3. The number of morpholine rings is 1. The molecule has 1 aromatic heterocycles. The van der Waals surface area contributed by atoms with E-state index in [-0.39, 0.29) is 5.97 Å². The molecule has 1 N–H and O–H groups in total. The Labute approximate surface area is 193 Å². The molecule has 2 aliphatic rings. The standard InChI is InChI=1S/C26H28N4O3/c1-32-24(31)26(12-5-13-26)20-8-10-21(11-9-20)27-23-18-22(19-6-3-2-4-7-19)28-25(29-23)30-14-16-33-17-15-30/h2-4,6-11,18H,5,12-17H2,1H3,(H,27,28,29). The molecule has 2 fully saturated rings. The van der Waals surface area contributed by atoms with Crippen LogP contribution in [0.15, 0.2) is 60.7 Å². The van der Waals surface area contributed by atoms with Gasteiger partial charge in [0.05, 0.1) is 31.4 Å². The molecule has 1 saturated heterocycles. The molecule has 0 bridgehead atoms. The summed E-state index contributed by atoms with van der Waals surface area (Å²) in [5.41, 5.74) is 3.33. The Bertz CT molecular complexity index is 1110. The van der Waals surface area contributed by atoms with E-state index in [2.05, 4.69) is 22.3 Å². The number of methoxy groups -OCH3 is 1. The summed E-state index contributed by atoms with van der Waals surface area (Å²) in [6, 6.07) is 20.1. The number of esters is 1. The SMILES string of the molecule is COC(=O)C1(c2ccc(Nc3cc(-c4ccccc4)nc(N4CCOCC4)n3)cc2)CCC1. The van der Waals surface area contributed by atoms with Gasteiger partial charge in [-0.05, 0) is 30.5 Å². The Hall–Kier alpha value is -3.45. The zero-order valence-corrected chi connectivity index (χ0v) is 18.8. The zero-order valence-electron chi connectivity index (χ0n) is 18.8. The number of benzene rings is 2. The molecule has 0 amide bonds. The maximum Gasteiger partial charge on any atom is 0.316 e. The first-order valence-corrected chi connectivity index (χ1v) is 11.4. The van der Waals surface area contributed by atoms with Crippen LogP contribution in [0, 0.1) is 0 Å². The maximum absolute atomic E-state index is 12.4. The number of ether oxygens (including phenoxy) is 2. The second-order valence-electron chi connectivity index (χ2n) is 8.53. The summed E-state index contributed by atoms with van der Waals surface area (Å²) >= 11 is 0. The van der Waals surface area contributed by atoms with Crippen LogP contribution in [0.2, 0.25) is 0 Å². The average Bonchev–Trinajstić information content (AvgIpc) is 2.85. The van der Waals surface area contributed by atoms with Crippen molar-refractivity contribution in [2.24, 2.45) is 0 Å². The van der Waals surface area contributed by atoms with Crippen LogP contribution in [-0.4, -0.2) is 49.4 Å².